The van der Waals surface area contributed by atoms with Crippen LogP contribution in [0.3, 0.4) is 0 Å². The third kappa shape index (κ3) is 5.85. The molecule has 0 heteroatoms. The van der Waals surface area contributed by atoms with Crippen molar-refractivity contribution in [3.05, 3.63) is 34.9 Å². The maximum Gasteiger partial charge on any atom is -0.0167 e. The van der Waals surface area contributed by atoms with Crippen molar-refractivity contribution in [1.29, 1.82) is 0 Å². The maximum absolute atomic E-state index is 2.51. The van der Waals surface area contributed by atoms with Crippen molar-refractivity contribution in [2.24, 2.45) is 11.8 Å². The fourth-order valence-corrected chi connectivity index (χ4v) is 2.83. The number of hydrogen-bond donors (Lipinski definition) is 0. The number of aryl methyl sites for hydroxylation is 1. The Labute approximate surface area is 133 Å². The van der Waals surface area contributed by atoms with Gasteiger partial charge in [-0.2, -0.15) is 0 Å². The highest BCUT2D eigenvalue weighted by Gasteiger charge is 2.13. The van der Waals surface area contributed by atoms with E-state index in [-0.39, 0.29) is 0 Å². The molecule has 0 fully saturated rings. The van der Waals surface area contributed by atoms with Crippen molar-refractivity contribution in [3.8, 4) is 0 Å². The van der Waals surface area contributed by atoms with E-state index in [0.717, 1.165) is 5.92 Å². The fourth-order valence-electron chi connectivity index (χ4n) is 2.83. The summed E-state index contributed by atoms with van der Waals surface area (Å²) in [5.41, 5.74) is 4.75. The van der Waals surface area contributed by atoms with Crippen LogP contribution in [0.4, 0.5) is 0 Å². The molecule has 0 saturated carbocycles. The summed E-state index contributed by atoms with van der Waals surface area (Å²) in [4.78, 5) is 0. The van der Waals surface area contributed by atoms with Crippen molar-refractivity contribution in [2.45, 2.75) is 86.0 Å². The van der Waals surface area contributed by atoms with Crippen LogP contribution in [-0.2, 0) is 12.8 Å². The topological polar surface area (TPSA) is 0 Å². The number of hydrogen-bond acceptors (Lipinski definition) is 0. The Balaban J connectivity index is 2.95. The maximum atomic E-state index is 2.51. The standard InChI is InChI=1S/C21H36/c1-7-9-10-11-20-15-19(18(6)16(3)4)12-13-21(20)14-17(5)8-2/h12-13,15-18H,7-11,14H2,1-6H3. The van der Waals surface area contributed by atoms with Gasteiger partial charge in [0.2, 0.25) is 0 Å². The largest absolute Gasteiger partial charge is 0.0654 e. The second kappa shape index (κ2) is 9.28. The van der Waals surface area contributed by atoms with Crippen LogP contribution in [0.5, 0.6) is 0 Å². The van der Waals surface area contributed by atoms with E-state index in [1.165, 1.54) is 44.1 Å². The van der Waals surface area contributed by atoms with Gasteiger partial charge < -0.3 is 0 Å². The van der Waals surface area contributed by atoms with Crippen LogP contribution in [-0.4, -0.2) is 0 Å². The van der Waals surface area contributed by atoms with Gasteiger partial charge in [0.15, 0.2) is 0 Å². The molecule has 0 aliphatic carbocycles. The molecule has 21 heavy (non-hydrogen) atoms. The quantitative estimate of drug-likeness (QED) is 0.440. The summed E-state index contributed by atoms with van der Waals surface area (Å²) in [7, 11) is 0. The van der Waals surface area contributed by atoms with Crippen molar-refractivity contribution in [2.75, 3.05) is 0 Å². The molecule has 2 unspecified atom stereocenters. The first-order valence-electron chi connectivity index (χ1n) is 9.11. The lowest BCUT2D eigenvalue weighted by molar-refractivity contribution is 0.532. The Bertz CT molecular complexity index is 402. The van der Waals surface area contributed by atoms with Gasteiger partial charge >= 0.3 is 0 Å². The van der Waals surface area contributed by atoms with E-state index < -0.39 is 0 Å². The third-order valence-corrected chi connectivity index (χ3v) is 5.07. The molecule has 1 aromatic rings. The number of unbranched alkanes of at least 4 members (excludes halogenated alkanes) is 2. The lowest BCUT2D eigenvalue weighted by Crippen LogP contribution is -2.06. The van der Waals surface area contributed by atoms with Crippen molar-refractivity contribution < 1.29 is 0 Å². The highest BCUT2D eigenvalue weighted by molar-refractivity contribution is 5.34. The minimum Gasteiger partial charge on any atom is -0.0654 e. The van der Waals surface area contributed by atoms with Gasteiger partial charge in [-0.1, -0.05) is 79.0 Å². The summed E-state index contributed by atoms with van der Waals surface area (Å²) in [5, 5.41) is 0. The normalized spacial score (nSPS) is 14.4. The summed E-state index contributed by atoms with van der Waals surface area (Å²) in [5.74, 6) is 2.17. The van der Waals surface area contributed by atoms with Crippen molar-refractivity contribution in [3.63, 3.8) is 0 Å². The van der Waals surface area contributed by atoms with Crippen LogP contribution in [0.25, 0.3) is 0 Å². The molecule has 0 aliphatic rings. The monoisotopic (exact) mass is 288 g/mol. The first-order chi connectivity index (χ1) is 9.99. The molecule has 0 aromatic heterocycles. The number of benzene rings is 1. The molecular formula is C21H36. The smallest absolute Gasteiger partial charge is 0.0167 e. The van der Waals surface area contributed by atoms with Crippen LogP contribution in [0.15, 0.2) is 18.2 Å². The van der Waals surface area contributed by atoms with Crippen LogP contribution in [0.2, 0.25) is 0 Å². The van der Waals surface area contributed by atoms with Crippen LogP contribution in [0, 0.1) is 11.8 Å². The average Bonchev–Trinajstić information content (AvgIpc) is 2.47. The fraction of sp³-hybridized carbons (Fsp3) is 0.714. The van der Waals surface area contributed by atoms with E-state index in [4.69, 9.17) is 0 Å². The minimum absolute atomic E-state index is 0.660. The van der Waals surface area contributed by atoms with Gasteiger partial charge in [-0.15, -0.1) is 0 Å². The first-order valence-corrected chi connectivity index (χ1v) is 9.11. The molecule has 1 aromatic carbocycles. The molecule has 0 aliphatic heterocycles. The van der Waals surface area contributed by atoms with Gasteiger partial charge in [-0.25, -0.2) is 0 Å². The molecule has 0 nitrogen and oxygen atoms in total. The van der Waals surface area contributed by atoms with Gasteiger partial charge in [0.05, 0.1) is 0 Å². The highest BCUT2D eigenvalue weighted by atomic mass is 14.2. The van der Waals surface area contributed by atoms with Crippen LogP contribution in [0.1, 0.15) is 89.8 Å². The minimum atomic E-state index is 0.660. The zero-order valence-corrected chi connectivity index (χ0v) is 15.2. The van der Waals surface area contributed by atoms with Gasteiger partial charge in [-0.3, -0.25) is 0 Å². The van der Waals surface area contributed by atoms with Gasteiger partial charge in [0.25, 0.3) is 0 Å². The Hall–Kier alpha value is -0.780. The average molecular weight is 289 g/mol. The summed E-state index contributed by atoms with van der Waals surface area (Å²) in [6, 6.07) is 7.31. The van der Waals surface area contributed by atoms with E-state index in [1.807, 2.05) is 0 Å². The van der Waals surface area contributed by atoms with E-state index in [0.29, 0.717) is 11.8 Å². The predicted octanol–water partition coefficient (Wildman–Crippen LogP) is 6.77. The van der Waals surface area contributed by atoms with Crippen LogP contribution < -0.4 is 0 Å². The van der Waals surface area contributed by atoms with Gasteiger partial charge in [0, 0.05) is 0 Å². The summed E-state index contributed by atoms with van der Waals surface area (Å²) in [6.45, 7) is 14.0. The van der Waals surface area contributed by atoms with Crippen molar-refractivity contribution >= 4 is 0 Å². The lowest BCUT2D eigenvalue weighted by atomic mass is 9.85. The SMILES string of the molecule is CCCCCc1cc(C(C)C(C)C)ccc1CC(C)CC. The molecule has 120 valence electrons. The molecule has 0 amide bonds. The Morgan fingerprint density at radius 3 is 2.19 bits per heavy atom. The van der Waals surface area contributed by atoms with E-state index in [1.54, 1.807) is 11.1 Å². The summed E-state index contributed by atoms with van der Waals surface area (Å²) in [6.07, 6.45) is 7.78. The van der Waals surface area contributed by atoms with Gasteiger partial charge in [-0.05, 0) is 53.7 Å². The van der Waals surface area contributed by atoms with E-state index >= 15 is 0 Å². The van der Waals surface area contributed by atoms with E-state index in [2.05, 4.69) is 59.7 Å². The predicted molar refractivity (Wildman–Crippen MR) is 96.1 cm³/mol. The first kappa shape index (κ1) is 18.3. The summed E-state index contributed by atoms with van der Waals surface area (Å²) >= 11 is 0. The zero-order chi connectivity index (χ0) is 15.8. The molecule has 0 spiro atoms. The molecule has 0 radical (unpaired) electrons. The molecular weight excluding hydrogens is 252 g/mol. The molecule has 0 heterocycles. The van der Waals surface area contributed by atoms with Crippen molar-refractivity contribution in [1.82, 2.24) is 0 Å². The molecule has 2 atom stereocenters. The second-order valence-corrected chi connectivity index (χ2v) is 7.24. The third-order valence-electron chi connectivity index (χ3n) is 5.07. The molecule has 1 rings (SSSR count). The Morgan fingerprint density at radius 1 is 0.905 bits per heavy atom. The molecule has 0 bridgehead atoms. The Morgan fingerprint density at radius 2 is 1.62 bits per heavy atom. The highest BCUT2D eigenvalue weighted by Crippen LogP contribution is 2.27. The number of rotatable bonds is 9. The summed E-state index contributed by atoms with van der Waals surface area (Å²) < 4.78 is 0. The second-order valence-electron chi connectivity index (χ2n) is 7.24. The lowest BCUT2D eigenvalue weighted by Gasteiger charge is -2.20. The van der Waals surface area contributed by atoms with E-state index in [9.17, 15) is 0 Å². The Kier molecular flexibility index (Phi) is 8.07. The van der Waals surface area contributed by atoms with Crippen LogP contribution >= 0.6 is 0 Å². The zero-order valence-electron chi connectivity index (χ0n) is 15.2. The molecule has 0 N–H and O–H groups in total. The van der Waals surface area contributed by atoms with Gasteiger partial charge in [0.1, 0.15) is 0 Å². The molecule has 0 saturated heterocycles.